The van der Waals surface area contributed by atoms with Gasteiger partial charge in [0.1, 0.15) is 25.1 Å². The second-order valence-corrected chi connectivity index (χ2v) is 3.62. The summed E-state index contributed by atoms with van der Waals surface area (Å²) >= 11 is 0. The molecule has 0 aromatic heterocycles. The highest BCUT2D eigenvalue weighted by Crippen LogP contribution is 2.08. The van der Waals surface area contributed by atoms with Gasteiger partial charge in [0.15, 0.2) is 0 Å². The Kier molecular flexibility index (Phi) is 6.64. The maximum absolute atomic E-state index is 9.59. The number of hydrogen-bond acceptors (Lipinski definition) is 5. The number of nitrogens with zero attached hydrogens (tertiary/aromatic N) is 1. The number of benzene rings is 1. The third-order valence-electron chi connectivity index (χ3n) is 2.00. The van der Waals surface area contributed by atoms with E-state index in [1.807, 2.05) is 37.3 Å². The molecule has 1 N–H and O–H groups in total. The molecule has 100 valence electrons. The maximum Gasteiger partial charge on any atom is 0.222 e. The molecule has 18 heavy (non-hydrogen) atoms. The van der Waals surface area contributed by atoms with Crippen LogP contribution in [0.25, 0.3) is 0 Å². The number of aliphatic hydroxyl groups is 1. The van der Waals surface area contributed by atoms with Gasteiger partial charge in [-0.25, -0.2) is 0 Å². The van der Waals surface area contributed by atoms with E-state index in [4.69, 9.17) is 14.3 Å². The van der Waals surface area contributed by atoms with Crippen LogP contribution in [-0.2, 0) is 9.57 Å². The molecule has 0 spiro atoms. The van der Waals surface area contributed by atoms with Crippen LogP contribution in [0.3, 0.4) is 0 Å². The Morgan fingerprint density at radius 2 is 2.00 bits per heavy atom. The van der Waals surface area contributed by atoms with Crippen molar-refractivity contribution in [3.8, 4) is 5.75 Å². The molecule has 1 rings (SSSR count). The number of ether oxygens (including phenoxy) is 2. The highest BCUT2D eigenvalue weighted by atomic mass is 16.7. The minimum Gasteiger partial charge on any atom is -0.491 e. The van der Waals surface area contributed by atoms with E-state index in [9.17, 15) is 5.11 Å². The summed E-state index contributed by atoms with van der Waals surface area (Å²) in [5.41, 5.74) is 0. The second kappa shape index (κ2) is 8.36. The zero-order chi connectivity index (χ0) is 13.2. The van der Waals surface area contributed by atoms with Gasteiger partial charge in [0.05, 0.1) is 6.61 Å². The number of para-hydroxylation sites is 1. The van der Waals surface area contributed by atoms with Crippen molar-refractivity contribution in [2.45, 2.75) is 20.0 Å². The predicted molar refractivity (Wildman–Crippen MR) is 68.6 cm³/mol. The molecule has 0 aliphatic carbocycles. The Hall–Kier alpha value is -1.75. The molecular formula is C13H19NO4. The molecule has 5 nitrogen and oxygen atoms in total. The Morgan fingerprint density at radius 1 is 1.28 bits per heavy atom. The fourth-order valence-electron chi connectivity index (χ4n) is 1.21. The van der Waals surface area contributed by atoms with Gasteiger partial charge in [-0.3, -0.25) is 0 Å². The van der Waals surface area contributed by atoms with Gasteiger partial charge in [0, 0.05) is 6.92 Å². The van der Waals surface area contributed by atoms with Crippen molar-refractivity contribution in [2.24, 2.45) is 5.16 Å². The highest BCUT2D eigenvalue weighted by molar-refractivity contribution is 5.72. The summed E-state index contributed by atoms with van der Waals surface area (Å²) in [7, 11) is 0. The summed E-state index contributed by atoms with van der Waals surface area (Å²) in [5.74, 6) is 1.15. The minimum absolute atomic E-state index is 0.0667. The first-order valence-electron chi connectivity index (χ1n) is 5.87. The van der Waals surface area contributed by atoms with E-state index in [0.717, 1.165) is 0 Å². The fourth-order valence-corrected chi connectivity index (χ4v) is 1.21. The fraction of sp³-hybridized carbons (Fsp3) is 0.462. The van der Waals surface area contributed by atoms with Crippen LogP contribution in [0.1, 0.15) is 13.8 Å². The normalized spacial score (nSPS) is 12.9. The summed E-state index contributed by atoms with van der Waals surface area (Å²) in [6, 6.07) is 9.29. The summed E-state index contributed by atoms with van der Waals surface area (Å²) in [6.07, 6.45) is -0.733. The van der Waals surface area contributed by atoms with Crippen molar-refractivity contribution in [3.63, 3.8) is 0 Å². The van der Waals surface area contributed by atoms with Gasteiger partial charge >= 0.3 is 0 Å². The van der Waals surface area contributed by atoms with E-state index < -0.39 is 6.10 Å². The lowest BCUT2D eigenvalue weighted by Gasteiger charge is -2.11. The lowest BCUT2D eigenvalue weighted by atomic mass is 10.3. The molecule has 1 aromatic carbocycles. The van der Waals surface area contributed by atoms with Crippen molar-refractivity contribution in [2.75, 3.05) is 19.8 Å². The maximum atomic E-state index is 9.59. The van der Waals surface area contributed by atoms with Gasteiger partial charge in [-0.2, -0.15) is 0 Å². The monoisotopic (exact) mass is 253 g/mol. The van der Waals surface area contributed by atoms with Gasteiger partial charge < -0.3 is 19.4 Å². The van der Waals surface area contributed by atoms with E-state index >= 15 is 0 Å². The van der Waals surface area contributed by atoms with Gasteiger partial charge in [-0.05, 0) is 19.1 Å². The smallest absolute Gasteiger partial charge is 0.222 e. The summed E-state index contributed by atoms with van der Waals surface area (Å²) in [5, 5.41) is 13.3. The van der Waals surface area contributed by atoms with E-state index in [1.165, 1.54) is 0 Å². The Morgan fingerprint density at radius 3 is 2.67 bits per heavy atom. The van der Waals surface area contributed by atoms with Crippen molar-refractivity contribution < 1.29 is 19.4 Å². The van der Waals surface area contributed by atoms with Gasteiger partial charge in [0.25, 0.3) is 0 Å². The molecule has 5 heteroatoms. The molecule has 0 fully saturated rings. The molecule has 0 aliphatic heterocycles. The van der Waals surface area contributed by atoms with Crippen molar-refractivity contribution in [1.29, 1.82) is 0 Å². The summed E-state index contributed by atoms with van der Waals surface area (Å²) in [4.78, 5) is 4.93. The van der Waals surface area contributed by atoms with Crippen molar-refractivity contribution in [1.82, 2.24) is 0 Å². The molecule has 0 amide bonds. The number of aliphatic hydroxyl groups excluding tert-OH is 1. The summed E-state index contributed by atoms with van der Waals surface area (Å²) in [6.45, 7) is 4.32. The van der Waals surface area contributed by atoms with Crippen LogP contribution in [0, 0.1) is 0 Å². The topological polar surface area (TPSA) is 60.3 Å². The third-order valence-corrected chi connectivity index (χ3v) is 2.00. The van der Waals surface area contributed by atoms with Crippen LogP contribution >= 0.6 is 0 Å². The van der Waals surface area contributed by atoms with E-state index in [0.29, 0.717) is 18.3 Å². The number of oxime groups is 1. The molecular weight excluding hydrogens is 234 g/mol. The predicted octanol–water partition coefficient (Wildman–Crippen LogP) is 1.81. The van der Waals surface area contributed by atoms with E-state index in [2.05, 4.69) is 5.16 Å². The zero-order valence-corrected chi connectivity index (χ0v) is 10.7. The standard InChI is InChI=1S/C13H19NO4/c1-3-16-11(2)14-18-10-12(15)9-17-13-7-5-4-6-8-13/h4-8,12,15H,3,9-10H2,1-2H3. The average molecular weight is 253 g/mol. The SMILES string of the molecule is CCOC(C)=NOCC(O)COc1ccccc1. The molecule has 0 saturated carbocycles. The Labute approximate surface area is 107 Å². The molecule has 0 saturated heterocycles. The van der Waals surface area contributed by atoms with E-state index in [-0.39, 0.29) is 13.2 Å². The largest absolute Gasteiger partial charge is 0.491 e. The highest BCUT2D eigenvalue weighted by Gasteiger charge is 2.05. The van der Waals surface area contributed by atoms with Gasteiger partial charge in [-0.1, -0.05) is 23.4 Å². The van der Waals surface area contributed by atoms with Crippen molar-refractivity contribution in [3.05, 3.63) is 30.3 Å². The Balaban J connectivity index is 2.18. The Bertz CT molecular complexity index is 353. The van der Waals surface area contributed by atoms with Gasteiger partial charge in [0.2, 0.25) is 5.90 Å². The first kappa shape index (κ1) is 14.3. The van der Waals surface area contributed by atoms with Crippen LogP contribution < -0.4 is 4.74 Å². The van der Waals surface area contributed by atoms with Crippen LogP contribution in [0.15, 0.2) is 35.5 Å². The van der Waals surface area contributed by atoms with E-state index in [1.54, 1.807) is 6.92 Å². The molecule has 1 aromatic rings. The summed E-state index contributed by atoms with van der Waals surface area (Å²) < 4.78 is 10.4. The second-order valence-electron chi connectivity index (χ2n) is 3.62. The average Bonchev–Trinajstić information content (AvgIpc) is 2.38. The lowest BCUT2D eigenvalue weighted by Crippen LogP contribution is -2.22. The molecule has 1 atom stereocenters. The first-order valence-corrected chi connectivity index (χ1v) is 5.87. The van der Waals surface area contributed by atoms with Crippen LogP contribution in [0.4, 0.5) is 0 Å². The van der Waals surface area contributed by atoms with Crippen molar-refractivity contribution >= 4 is 5.90 Å². The molecule has 0 heterocycles. The number of hydrogen-bond donors (Lipinski definition) is 1. The molecule has 0 radical (unpaired) electrons. The van der Waals surface area contributed by atoms with Gasteiger partial charge in [-0.15, -0.1) is 0 Å². The third kappa shape index (κ3) is 6.10. The lowest BCUT2D eigenvalue weighted by molar-refractivity contribution is 0.0117. The quantitative estimate of drug-likeness (QED) is 0.457. The zero-order valence-electron chi connectivity index (χ0n) is 10.7. The molecule has 1 unspecified atom stereocenters. The van der Waals surface area contributed by atoms with Crippen LogP contribution in [-0.4, -0.2) is 36.9 Å². The molecule has 0 bridgehead atoms. The number of rotatable bonds is 7. The minimum atomic E-state index is -0.733. The van der Waals surface area contributed by atoms with Crippen LogP contribution in [0.2, 0.25) is 0 Å². The van der Waals surface area contributed by atoms with Crippen LogP contribution in [0.5, 0.6) is 5.75 Å². The first-order chi connectivity index (χ1) is 8.72. The molecule has 0 aliphatic rings.